The van der Waals surface area contributed by atoms with Crippen LogP contribution in [-0.4, -0.2) is 57.2 Å². The third-order valence-electron chi connectivity index (χ3n) is 4.43. The lowest BCUT2D eigenvalue weighted by Crippen LogP contribution is -2.33. The molecule has 3 rings (SSSR count). The number of rotatable bonds is 8. The van der Waals surface area contributed by atoms with Gasteiger partial charge in [-0.05, 0) is 63.5 Å². The van der Waals surface area contributed by atoms with Crippen LogP contribution in [0, 0.1) is 0 Å². The van der Waals surface area contributed by atoms with Crippen LogP contribution in [0.3, 0.4) is 0 Å². The number of halogens is 2. The summed E-state index contributed by atoms with van der Waals surface area (Å²) in [5.41, 5.74) is 1.34. The Hall–Kier alpha value is -2.06. The zero-order valence-electron chi connectivity index (χ0n) is 17.3. The van der Waals surface area contributed by atoms with E-state index in [9.17, 15) is 4.79 Å². The van der Waals surface area contributed by atoms with Crippen molar-refractivity contribution in [3.63, 3.8) is 0 Å². The van der Waals surface area contributed by atoms with Gasteiger partial charge in [-0.3, -0.25) is 9.69 Å². The Morgan fingerprint density at radius 1 is 1.07 bits per heavy atom. The number of fused-ring (bicyclic) bond motifs is 1. The molecule has 0 saturated carbocycles. The fourth-order valence-corrected chi connectivity index (χ4v) is 4.22. The largest absolute Gasteiger partial charge is 0.493 e. The minimum absolute atomic E-state index is 0. The van der Waals surface area contributed by atoms with E-state index in [1.165, 1.54) is 11.3 Å². The van der Waals surface area contributed by atoms with Gasteiger partial charge in [0.15, 0.2) is 16.6 Å². The molecule has 0 unspecified atom stereocenters. The van der Waals surface area contributed by atoms with Crippen LogP contribution in [0.4, 0.5) is 5.13 Å². The molecule has 1 aromatic heterocycles. The van der Waals surface area contributed by atoms with Crippen LogP contribution >= 0.6 is 35.3 Å². The van der Waals surface area contributed by atoms with Gasteiger partial charge in [0.2, 0.25) is 0 Å². The zero-order chi connectivity index (χ0) is 21.0. The first-order chi connectivity index (χ1) is 13.9. The number of ether oxygens (including phenoxy) is 2. The van der Waals surface area contributed by atoms with Crippen molar-refractivity contribution in [2.45, 2.75) is 6.42 Å². The van der Waals surface area contributed by atoms with Gasteiger partial charge in [-0.25, -0.2) is 4.98 Å². The van der Waals surface area contributed by atoms with E-state index in [0.717, 1.165) is 23.2 Å². The molecular weight excluding hydrogens is 445 g/mol. The minimum atomic E-state index is -0.130. The van der Waals surface area contributed by atoms with Gasteiger partial charge in [-0.15, -0.1) is 12.4 Å². The highest BCUT2D eigenvalue weighted by Crippen LogP contribution is 2.33. The number of carbonyl (C=O) groups excluding carboxylic acids is 1. The van der Waals surface area contributed by atoms with E-state index in [1.807, 2.05) is 26.2 Å². The Balaban J connectivity index is 0.00000320. The van der Waals surface area contributed by atoms with Gasteiger partial charge in [0, 0.05) is 17.1 Å². The van der Waals surface area contributed by atoms with Crippen molar-refractivity contribution in [3.05, 3.63) is 47.0 Å². The zero-order valence-corrected chi connectivity index (χ0v) is 19.7. The molecule has 0 atom stereocenters. The van der Waals surface area contributed by atoms with Gasteiger partial charge in [-0.1, -0.05) is 22.9 Å². The molecular formula is C21H25Cl2N3O3S. The lowest BCUT2D eigenvalue weighted by atomic mass is 10.1. The molecule has 0 spiro atoms. The van der Waals surface area contributed by atoms with Crippen molar-refractivity contribution >= 4 is 56.6 Å². The summed E-state index contributed by atoms with van der Waals surface area (Å²) in [6.07, 6.45) is 0.822. The second-order valence-electron chi connectivity index (χ2n) is 6.79. The summed E-state index contributed by atoms with van der Waals surface area (Å²) in [6.45, 7) is 1.42. The molecule has 6 nitrogen and oxygen atoms in total. The quantitative estimate of drug-likeness (QED) is 0.465. The maximum atomic E-state index is 13.4. The molecule has 162 valence electrons. The molecule has 0 aliphatic heterocycles. The van der Waals surface area contributed by atoms with E-state index in [1.54, 1.807) is 43.4 Å². The number of anilines is 1. The van der Waals surface area contributed by atoms with Gasteiger partial charge in [0.1, 0.15) is 0 Å². The van der Waals surface area contributed by atoms with Crippen LogP contribution in [0.1, 0.15) is 16.8 Å². The maximum absolute atomic E-state index is 13.4. The number of hydrogen-bond acceptors (Lipinski definition) is 6. The van der Waals surface area contributed by atoms with Gasteiger partial charge in [0.05, 0.1) is 24.4 Å². The van der Waals surface area contributed by atoms with Crippen LogP contribution in [0.15, 0.2) is 36.4 Å². The molecule has 2 aromatic carbocycles. The Labute approximate surface area is 191 Å². The summed E-state index contributed by atoms with van der Waals surface area (Å²) in [7, 11) is 7.15. The molecule has 9 heteroatoms. The Morgan fingerprint density at radius 3 is 2.47 bits per heavy atom. The van der Waals surface area contributed by atoms with Crippen LogP contribution in [0.5, 0.6) is 11.5 Å². The van der Waals surface area contributed by atoms with Crippen LogP contribution in [0.2, 0.25) is 5.02 Å². The number of methoxy groups -OCH3 is 2. The highest BCUT2D eigenvalue weighted by Gasteiger charge is 2.22. The summed E-state index contributed by atoms with van der Waals surface area (Å²) in [5, 5.41) is 1.30. The molecule has 1 heterocycles. The number of hydrogen-bond donors (Lipinski definition) is 0. The van der Waals surface area contributed by atoms with E-state index < -0.39 is 0 Å². The van der Waals surface area contributed by atoms with E-state index in [0.29, 0.717) is 33.8 Å². The number of thiazole rings is 1. The van der Waals surface area contributed by atoms with Gasteiger partial charge in [0.25, 0.3) is 5.91 Å². The first kappa shape index (κ1) is 24.2. The standard InChI is InChI=1S/C21H24ClN3O3S.ClH/c1-24(2)10-5-11-25(21-23-16-8-7-15(22)13-19(16)29-21)20(26)14-6-9-17(27-3)18(12-14)28-4;/h6-9,12-13H,5,10-11H2,1-4H3;1H. The molecule has 3 aromatic rings. The van der Waals surface area contributed by atoms with Crippen molar-refractivity contribution in [3.8, 4) is 11.5 Å². The van der Waals surface area contributed by atoms with Crippen LogP contribution < -0.4 is 14.4 Å². The molecule has 1 amide bonds. The van der Waals surface area contributed by atoms with E-state index in [-0.39, 0.29) is 18.3 Å². The fourth-order valence-electron chi connectivity index (χ4n) is 2.96. The number of nitrogens with zero attached hydrogens (tertiary/aromatic N) is 3. The molecule has 0 saturated heterocycles. The lowest BCUT2D eigenvalue weighted by Gasteiger charge is -2.21. The number of benzene rings is 2. The molecule has 0 aliphatic rings. The first-order valence-corrected chi connectivity index (χ1v) is 10.4. The summed E-state index contributed by atoms with van der Waals surface area (Å²) < 4.78 is 11.6. The van der Waals surface area contributed by atoms with E-state index in [4.69, 9.17) is 21.1 Å². The predicted octanol–water partition coefficient (Wildman–Crippen LogP) is 4.99. The first-order valence-electron chi connectivity index (χ1n) is 9.17. The second-order valence-corrected chi connectivity index (χ2v) is 8.24. The highest BCUT2D eigenvalue weighted by molar-refractivity contribution is 7.22. The summed E-state index contributed by atoms with van der Waals surface area (Å²) >= 11 is 7.57. The van der Waals surface area contributed by atoms with Gasteiger partial charge < -0.3 is 14.4 Å². The van der Waals surface area contributed by atoms with Gasteiger partial charge in [-0.2, -0.15) is 0 Å². The highest BCUT2D eigenvalue weighted by atomic mass is 35.5. The number of aromatic nitrogens is 1. The smallest absolute Gasteiger partial charge is 0.260 e. The van der Waals surface area contributed by atoms with Crippen molar-refractivity contribution in [1.82, 2.24) is 9.88 Å². The Morgan fingerprint density at radius 2 is 1.80 bits per heavy atom. The topological polar surface area (TPSA) is 54.9 Å². The van der Waals surface area contributed by atoms with E-state index in [2.05, 4.69) is 9.88 Å². The fraction of sp³-hybridized carbons (Fsp3) is 0.333. The molecule has 0 N–H and O–H groups in total. The third-order valence-corrected chi connectivity index (χ3v) is 5.71. The molecule has 0 aliphatic carbocycles. The maximum Gasteiger partial charge on any atom is 0.260 e. The normalized spacial score (nSPS) is 10.7. The van der Waals surface area contributed by atoms with Crippen molar-refractivity contribution in [1.29, 1.82) is 0 Å². The molecule has 0 bridgehead atoms. The Bertz CT molecular complexity index is 1010. The van der Waals surface area contributed by atoms with Gasteiger partial charge >= 0.3 is 0 Å². The second kappa shape index (κ2) is 10.8. The monoisotopic (exact) mass is 469 g/mol. The summed E-state index contributed by atoms with van der Waals surface area (Å²) in [4.78, 5) is 21.9. The summed E-state index contributed by atoms with van der Waals surface area (Å²) in [6, 6.07) is 10.7. The van der Waals surface area contributed by atoms with Crippen molar-refractivity contribution in [2.24, 2.45) is 0 Å². The minimum Gasteiger partial charge on any atom is -0.493 e. The summed E-state index contributed by atoms with van der Waals surface area (Å²) in [5.74, 6) is 0.968. The number of carbonyl (C=O) groups is 1. The van der Waals surface area contributed by atoms with Crippen molar-refractivity contribution < 1.29 is 14.3 Å². The Kier molecular flexibility index (Phi) is 8.73. The average molecular weight is 470 g/mol. The molecule has 0 radical (unpaired) electrons. The lowest BCUT2D eigenvalue weighted by molar-refractivity contribution is 0.0985. The van der Waals surface area contributed by atoms with Crippen LogP contribution in [-0.2, 0) is 0 Å². The molecule has 30 heavy (non-hydrogen) atoms. The van der Waals surface area contributed by atoms with Crippen molar-refractivity contribution in [2.75, 3.05) is 46.3 Å². The number of amides is 1. The third kappa shape index (κ3) is 5.55. The average Bonchev–Trinajstić information content (AvgIpc) is 3.12. The predicted molar refractivity (Wildman–Crippen MR) is 126 cm³/mol. The van der Waals surface area contributed by atoms with E-state index >= 15 is 0 Å². The van der Waals surface area contributed by atoms with Crippen LogP contribution in [0.25, 0.3) is 10.2 Å². The SMILES string of the molecule is COc1ccc(C(=O)N(CCCN(C)C)c2nc3ccc(Cl)cc3s2)cc1OC.Cl. The molecule has 0 fully saturated rings.